The second-order valence-electron chi connectivity index (χ2n) is 13.7. The number of carbonyl (C=O) groups excluding carboxylic acids is 3. The Bertz CT molecular complexity index is 749. The molecule has 0 spiro atoms. The van der Waals surface area contributed by atoms with Crippen molar-refractivity contribution in [3.8, 4) is 0 Å². The van der Waals surface area contributed by atoms with Gasteiger partial charge in [-0.05, 0) is 53.4 Å². The molecule has 0 aromatic rings. The molecule has 12 nitrogen and oxygen atoms in total. The lowest BCUT2D eigenvalue weighted by atomic mass is 9.93. The van der Waals surface area contributed by atoms with Crippen molar-refractivity contribution in [1.29, 1.82) is 0 Å². The number of nitrogens with two attached hydrogens (primary N) is 1. The van der Waals surface area contributed by atoms with Crippen LogP contribution < -0.4 is 11.1 Å². The lowest BCUT2D eigenvalue weighted by molar-refractivity contribution is -0.157. The van der Waals surface area contributed by atoms with Crippen molar-refractivity contribution in [3.63, 3.8) is 0 Å². The topological polar surface area (TPSA) is 154 Å². The van der Waals surface area contributed by atoms with Crippen LogP contribution in [0.3, 0.4) is 0 Å². The third-order valence-corrected chi connectivity index (χ3v) is 5.38. The van der Waals surface area contributed by atoms with Gasteiger partial charge in [0.25, 0.3) is 0 Å². The molecule has 0 saturated heterocycles. The van der Waals surface area contributed by atoms with E-state index in [0.717, 1.165) is 6.42 Å². The van der Waals surface area contributed by atoms with Gasteiger partial charge in [-0.15, -0.1) is 0 Å². The molecule has 0 aliphatic heterocycles. The summed E-state index contributed by atoms with van der Waals surface area (Å²) in [5.41, 5.74) is 3.18. The summed E-state index contributed by atoms with van der Waals surface area (Å²) in [6.07, 6.45) is 0.990. The number of hydrogen-bond donors (Lipinski definition) is 2. The van der Waals surface area contributed by atoms with Crippen LogP contribution in [0.4, 0.5) is 0 Å². The van der Waals surface area contributed by atoms with E-state index in [4.69, 9.17) is 38.9 Å². The van der Waals surface area contributed by atoms with E-state index in [1.165, 1.54) is 0 Å². The second-order valence-corrected chi connectivity index (χ2v) is 13.7. The van der Waals surface area contributed by atoms with Crippen LogP contribution in [0.2, 0.25) is 0 Å². The molecule has 0 heterocycles. The SMILES string of the molecule is CC(C)(C)CCOCC(COCCC(=O)OC(C)(C)C)(COCCC(=O)OC(C)(C)C)NC(=O)CCOCCOCCN. The molecule has 0 rings (SSSR count). The maximum absolute atomic E-state index is 13.0. The molecule has 0 fully saturated rings. The number of nitrogens with one attached hydrogen (secondary N) is 1. The Morgan fingerprint density at radius 1 is 0.558 bits per heavy atom. The number of hydrogen-bond acceptors (Lipinski definition) is 11. The highest BCUT2D eigenvalue weighted by molar-refractivity contribution is 5.77. The van der Waals surface area contributed by atoms with Gasteiger partial charge in [0.1, 0.15) is 16.7 Å². The van der Waals surface area contributed by atoms with Crippen molar-refractivity contribution >= 4 is 17.8 Å². The first kappa shape index (κ1) is 41.2. The minimum atomic E-state index is -1.08. The van der Waals surface area contributed by atoms with Crippen LogP contribution in [-0.2, 0) is 47.5 Å². The van der Waals surface area contributed by atoms with Crippen molar-refractivity contribution in [2.24, 2.45) is 11.1 Å². The van der Waals surface area contributed by atoms with Crippen molar-refractivity contribution in [2.75, 3.05) is 72.6 Å². The van der Waals surface area contributed by atoms with Gasteiger partial charge in [-0.2, -0.15) is 0 Å². The molecular weight excluding hydrogens is 560 g/mol. The maximum Gasteiger partial charge on any atom is 0.308 e. The molecule has 12 heteroatoms. The summed E-state index contributed by atoms with van der Waals surface area (Å²) in [4.78, 5) is 37.4. The lowest BCUT2D eigenvalue weighted by Crippen LogP contribution is -2.59. The Hall–Kier alpha value is -1.83. The fourth-order valence-electron chi connectivity index (χ4n) is 3.44. The highest BCUT2D eigenvalue weighted by Gasteiger charge is 2.34. The van der Waals surface area contributed by atoms with Gasteiger partial charge in [0, 0.05) is 19.6 Å². The Balaban J connectivity index is 5.42. The number of ether oxygens (including phenoxy) is 7. The monoisotopic (exact) mass is 620 g/mol. The van der Waals surface area contributed by atoms with E-state index in [0.29, 0.717) is 33.0 Å². The van der Waals surface area contributed by atoms with Gasteiger partial charge in [-0.25, -0.2) is 0 Å². The van der Waals surface area contributed by atoms with Crippen LogP contribution in [-0.4, -0.2) is 107 Å². The van der Waals surface area contributed by atoms with Crippen molar-refractivity contribution < 1.29 is 47.5 Å². The molecule has 0 bridgehead atoms. The fourth-order valence-corrected chi connectivity index (χ4v) is 3.44. The summed E-state index contributed by atoms with van der Waals surface area (Å²) >= 11 is 0. The lowest BCUT2D eigenvalue weighted by Gasteiger charge is -2.34. The Kier molecular flexibility index (Phi) is 20.1. The number of amides is 1. The van der Waals surface area contributed by atoms with Gasteiger partial charge >= 0.3 is 11.9 Å². The van der Waals surface area contributed by atoms with Gasteiger partial charge < -0.3 is 44.2 Å². The zero-order valence-electron chi connectivity index (χ0n) is 28.3. The molecule has 0 aliphatic carbocycles. The van der Waals surface area contributed by atoms with Crippen LogP contribution in [0.1, 0.15) is 88.0 Å². The van der Waals surface area contributed by atoms with E-state index in [1.54, 1.807) is 41.5 Å². The predicted molar refractivity (Wildman–Crippen MR) is 164 cm³/mol. The van der Waals surface area contributed by atoms with Crippen LogP contribution in [0.15, 0.2) is 0 Å². The molecule has 0 saturated carbocycles. The van der Waals surface area contributed by atoms with E-state index in [2.05, 4.69) is 26.1 Å². The third-order valence-electron chi connectivity index (χ3n) is 5.38. The Morgan fingerprint density at radius 3 is 1.40 bits per heavy atom. The first-order chi connectivity index (χ1) is 19.9. The van der Waals surface area contributed by atoms with E-state index in [9.17, 15) is 14.4 Å². The normalized spacial score (nSPS) is 12.7. The van der Waals surface area contributed by atoms with E-state index in [-0.39, 0.29) is 82.2 Å². The van der Waals surface area contributed by atoms with E-state index >= 15 is 0 Å². The van der Waals surface area contributed by atoms with E-state index in [1.807, 2.05) is 0 Å². The van der Waals surface area contributed by atoms with Crippen molar-refractivity contribution in [3.05, 3.63) is 0 Å². The zero-order valence-corrected chi connectivity index (χ0v) is 28.3. The standard InChI is InChI=1S/C31H60N2O10/c1-28(2,3)13-18-41-24-31(22-39-16-11-26(35)42-29(4,5)6,23-40-17-12-27(36)43-30(7,8)9)33-25(34)10-15-37-20-21-38-19-14-32/h10-24,32H2,1-9H3,(H,33,34). The molecule has 43 heavy (non-hydrogen) atoms. The average Bonchev–Trinajstić information content (AvgIpc) is 2.84. The fraction of sp³-hybridized carbons (Fsp3) is 0.903. The van der Waals surface area contributed by atoms with E-state index < -0.39 is 16.7 Å². The molecule has 254 valence electrons. The summed E-state index contributed by atoms with van der Waals surface area (Å²) in [6, 6.07) is 0. The molecule has 0 atom stereocenters. The minimum Gasteiger partial charge on any atom is -0.460 e. The number of esters is 2. The molecule has 0 radical (unpaired) electrons. The highest BCUT2D eigenvalue weighted by atomic mass is 16.6. The molecular formula is C31H60N2O10. The Morgan fingerprint density at radius 2 is 0.977 bits per heavy atom. The third kappa shape index (κ3) is 26.3. The summed E-state index contributed by atoms with van der Waals surface area (Å²) in [5.74, 6) is -1.05. The predicted octanol–water partition coefficient (Wildman–Crippen LogP) is 3.17. The molecule has 3 N–H and O–H groups in total. The zero-order chi connectivity index (χ0) is 33.0. The van der Waals surface area contributed by atoms with Gasteiger partial charge in [-0.1, -0.05) is 20.8 Å². The number of carbonyl (C=O) groups is 3. The van der Waals surface area contributed by atoms with Crippen molar-refractivity contribution in [1.82, 2.24) is 5.32 Å². The molecule has 0 aromatic carbocycles. The molecule has 0 aliphatic rings. The van der Waals surface area contributed by atoms with Gasteiger partial charge in [0.15, 0.2) is 0 Å². The van der Waals surface area contributed by atoms with Gasteiger partial charge in [0.05, 0.1) is 72.3 Å². The first-order valence-electron chi connectivity index (χ1n) is 15.2. The van der Waals surface area contributed by atoms with Gasteiger partial charge in [0.2, 0.25) is 5.91 Å². The minimum absolute atomic E-state index is 0.0112. The summed E-state index contributed by atoms with van der Waals surface area (Å²) in [6.45, 7) is 19.7. The smallest absolute Gasteiger partial charge is 0.308 e. The van der Waals surface area contributed by atoms with Crippen LogP contribution in [0, 0.1) is 5.41 Å². The Labute approximate surface area is 259 Å². The molecule has 1 amide bonds. The quantitative estimate of drug-likeness (QED) is 0.128. The molecule has 0 aromatic heterocycles. The first-order valence-corrected chi connectivity index (χ1v) is 15.2. The van der Waals surface area contributed by atoms with Gasteiger partial charge in [-0.3, -0.25) is 14.4 Å². The summed E-state index contributed by atoms with van der Waals surface area (Å²) in [7, 11) is 0. The van der Waals surface area contributed by atoms with Crippen LogP contribution >= 0.6 is 0 Å². The average molecular weight is 621 g/mol. The van der Waals surface area contributed by atoms with Crippen LogP contribution in [0.5, 0.6) is 0 Å². The summed E-state index contributed by atoms with van der Waals surface area (Å²) in [5, 5.41) is 3.02. The molecule has 0 unspecified atom stereocenters. The summed E-state index contributed by atoms with van der Waals surface area (Å²) < 4.78 is 39.3. The largest absolute Gasteiger partial charge is 0.460 e. The van der Waals surface area contributed by atoms with Crippen molar-refractivity contribution in [2.45, 2.75) is 105 Å². The van der Waals surface area contributed by atoms with Crippen LogP contribution in [0.25, 0.3) is 0 Å². The second kappa shape index (κ2) is 21.0. The number of rotatable bonds is 23. The maximum atomic E-state index is 13.0. The highest BCUT2D eigenvalue weighted by Crippen LogP contribution is 2.19.